The van der Waals surface area contributed by atoms with Crippen LogP contribution in [-0.2, 0) is 27.4 Å². The second-order valence-electron chi connectivity index (χ2n) is 6.62. The van der Waals surface area contributed by atoms with Crippen molar-refractivity contribution in [1.29, 1.82) is 0 Å². The highest BCUT2D eigenvalue weighted by molar-refractivity contribution is 7.98. The molecule has 0 atom stereocenters. The van der Waals surface area contributed by atoms with Gasteiger partial charge in [0.05, 0.1) is 17.4 Å². The molecule has 1 heterocycles. The lowest BCUT2D eigenvalue weighted by atomic mass is 9.98. The smallest absolute Gasteiger partial charge is 0.433 e. The lowest BCUT2D eigenvalue weighted by Gasteiger charge is -2.13. The lowest BCUT2D eigenvalue weighted by molar-refractivity contribution is -0.306. The van der Waals surface area contributed by atoms with Gasteiger partial charge in [-0.25, -0.2) is 8.42 Å². The van der Waals surface area contributed by atoms with Gasteiger partial charge in [-0.2, -0.15) is 18.3 Å². The summed E-state index contributed by atoms with van der Waals surface area (Å²) in [7, 11) is -3.51. The number of benzene rings is 2. The van der Waals surface area contributed by atoms with E-state index in [1.165, 1.54) is 48.2 Å². The average Bonchev–Trinajstić information content (AvgIpc) is 3.06. The Balaban J connectivity index is 2.31. The van der Waals surface area contributed by atoms with Crippen LogP contribution in [-0.4, -0.2) is 36.7 Å². The summed E-state index contributed by atoms with van der Waals surface area (Å²) in [6.45, 7) is -1.09. The number of nitrogens with zero attached hydrogens (tertiary/aromatic N) is 2. The summed E-state index contributed by atoms with van der Waals surface area (Å²) >= 11 is 1.41. The minimum atomic E-state index is -4.90. The number of aliphatic carboxylic acids is 1. The predicted molar refractivity (Wildman–Crippen MR) is 108 cm³/mol. The molecule has 3 rings (SSSR count). The number of hydrogen-bond donors (Lipinski definition) is 0. The van der Waals surface area contributed by atoms with E-state index in [1.54, 1.807) is 12.1 Å². The topological polar surface area (TPSA) is 92.1 Å². The fourth-order valence-corrected chi connectivity index (χ4v) is 4.12. The van der Waals surface area contributed by atoms with Gasteiger partial charge in [-0.1, -0.05) is 24.3 Å². The maximum Gasteiger partial charge on any atom is 0.433 e. The van der Waals surface area contributed by atoms with Gasteiger partial charge in [-0.05, 0) is 36.1 Å². The molecule has 0 aliphatic heterocycles. The second-order valence-corrected chi connectivity index (χ2v) is 9.52. The molecule has 0 saturated carbocycles. The number of carboxylic acids is 1. The van der Waals surface area contributed by atoms with Gasteiger partial charge < -0.3 is 9.90 Å². The molecule has 2 aromatic carbocycles. The third-order valence-electron chi connectivity index (χ3n) is 4.43. The van der Waals surface area contributed by atoms with E-state index in [2.05, 4.69) is 5.10 Å². The highest BCUT2D eigenvalue weighted by atomic mass is 32.2. The fraction of sp³-hybridized carbons (Fsp3) is 0.200. The molecule has 0 aliphatic carbocycles. The monoisotopic (exact) mass is 469 g/mol. The van der Waals surface area contributed by atoms with Gasteiger partial charge in [0.25, 0.3) is 0 Å². The van der Waals surface area contributed by atoms with Gasteiger partial charge in [-0.3, -0.25) is 4.68 Å². The quantitative estimate of drug-likeness (QED) is 0.515. The summed E-state index contributed by atoms with van der Waals surface area (Å²) < 4.78 is 65.7. The van der Waals surface area contributed by atoms with Gasteiger partial charge in [0.15, 0.2) is 15.5 Å². The molecule has 0 saturated heterocycles. The molecule has 6 nitrogen and oxygen atoms in total. The molecule has 0 unspecified atom stereocenters. The first-order valence-corrected chi connectivity index (χ1v) is 11.9. The maximum atomic E-state index is 14.0. The molecule has 0 spiro atoms. The number of carboxylic acid groups (broad SMARTS) is 1. The van der Waals surface area contributed by atoms with E-state index >= 15 is 0 Å². The Morgan fingerprint density at radius 2 is 1.61 bits per heavy atom. The molecule has 0 fully saturated rings. The number of halogens is 3. The van der Waals surface area contributed by atoms with E-state index < -0.39 is 34.2 Å². The first-order valence-electron chi connectivity index (χ1n) is 8.74. The Morgan fingerprint density at radius 1 is 1.06 bits per heavy atom. The van der Waals surface area contributed by atoms with Gasteiger partial charge in [-0.15, -0.1) is 11.8 Å². The number of carbonyl (C=O) groups is 1. The zero-order chi connectivity index (χ0) is 23.0. The molecule has 0 radical (unpaired) electrons. The van der Waals surface area contributed by atoms with E-state index in [-0.39, 0.29) is 27.3 Å². The van der Waals surface area contributed by atoms with Gasteiger partial charge in [0, 0.05) is 22.3 Å². The van der Waals surface area contributed by atoms with Crippen LogP contribution in [0, 0.1) is 0 Å². The minimum Gasteiger partial charge on any atom is -0.548 e. The van der Waals surface area contributed by atoms with Crippen molar-refractivity contribution in [2.45, 2.75) is 22.5 Å². The number of aromatic nitrogens is 2. The molecule has 1 aromatic heterocycles. The van der Waals surface area contributed by atoms with E-state index in [0.717, 1.165) is 11.2 Å². The van der Waals surface area contributed by atoms with Crippen LogP contribution in [0.25, 0.3) is 22.4 Å². The Labute approximate surface area is 180 Å². The van der Waals surface area contributed by atoms with E-state index in [0.29, 0.717) is 4.68 Å². The van der Waals surface area contributed by atoms with Crippen molar-refractivity contribution in [3.63, 3.8) is 0 Å². The van der Waals surface area contributed by atoms with Gasteiger partial charge >= 0.3 is 6.18 Å². The molecular formula is C20H16F3N2O4S2-. The van der Waals surface area contributed by atoms with Crippen LogP contribution in [0.2, 0.25) is 0 Å². The third-order valence-corrected chi connectivity index (χ3v) is 6.31. The zero-order valence-electron chi connectivity index (χ0n) is 16.3. The largest absolute Gasteiger partial charge is 0.548 e. The van der Waals surface area contributed by atoms with E-state index in [1.807, 2.05) is 6.26 Å². The molecule has 31 heavy (non-hydrogen) atoms. The Bertz CT molecular complexity index is 1220. The van der Waals surface area contributed by atoms with Crippen molar-refractivity contribution >= 4 is 27.6 Å². The predicted octanol–water partition coefficient (Wildman–Crippen LogP) is 3.11. The lowest BCUT2D eigenvalue weighted by Crippen LogP contribution is -2.30. The molecule has 0 bridgehead atoms. The Kier molecular flexibility index (Phi) is 6.19. The molecule has 11 heteroatoms. The highest BCUT2D eigenvalue weighted by Gasteiger charge is 2.40. The average molecular weight is 469 g/mol. The van der Waals surface area contributed by atoms with Crippen LogP contribution in [0.15, 0.2) is 58.3 Å². The summed E-state index contributed by atoms with van der Waals surface area (Å²) in [5.41, 5.74) is -1.24. The molecule has 0 amide bonds. The van der Waals surface area contributed by atoms with Crippen LogP contribution in [0.5, 0.6) is 0 Å². The molecule has 0 N–H and O–H groups in total. The standard InChI is InChI=1S/C20H17F3N2O4S2/c1-30-14-7-3-12(4-8-14)17-18(13-5-9-15(10-6-13)31(2,28)29)24-25(11-16(26)27)19(17)20(21,22)23/h3-10H,11H2,1-2H3,(H,26,27)/p-1. The third kappa shape index (κ3) is 4.93. The van der Waals surface area contributed by atoms with Crippen molar-refractivity contribution in [3.05, 3.63) is 54.2 Å². The van der Waals surface area contributed by atoms with E-state index in [9.17, 15) is 31.5 Å². The van der Waals surface area contributed by atoms with Crippen LogP contribution in [0.4, 0.5) is 13.2 Å². The second kappa shape index (κ2) is 8.39. The maximum absolute atomic E-state index is 14.0. The van der Waals surface area contributed by atoms with Crippen molar-refractivity contribution < 1.29 is 31.5 Å². The Morgan fingerprint density at radius 3 is 2.06 bits per heavy atom. The first-order chi connectivity index (χ1) is 14.4. The summed E-state index contributed by atoms with van der Waals surface area (Å²) in [4.78, 5) is 11.9. The summed E-state index contributed by atoms with van der Waals surface area (Å²) in [6.07, 6.45) is -2.07. The number of alkyl halides is 3. The highest BCUT2D eigenvalue weighted by Crippen LogP contribution is 2.43. The number of thioether (sulfide) groups is 1. The van der Waals surface area contributed by atoms with Gasteiger partial charge in [0.2, 0.25) is 0 Å². The molecular weight excluding hydrogens is 453 g/mol. The van der Waals surface area contributed by atoms with Crippen molar-refractivity contribution in [2.24, 2.45) is 0 Å². The van der Waals surface area contributed by atoms with Crippen LogP contribution >= 0.6 is 11.8 Å². The van der Waals surface area contributed by atoms with Crippen molar-refractivity contribution in [3.8, 4) is 22.4 Å². The fourth-order valence-electron chi connectivity index (χ4n) is 3.08. The number of sulfone groups is 1. The van der Waals surface area contributed by atoms with Crippen LogP contribution in [0.1, 0.15) is 5.69 Å². The molecule has 3 aromatic rings. The summed E-state index contributed by atoms with van der Waals surface area (Å²) in [5, 5.41) is 15.0. The van der Waals surface area contributed by atoms with Crippen LogP contribution < -0.4 is 5.11 Å². The number of rotatable bonds is 6. The number of carbonyl (C=O) groups excluding carboxylic acids is 1. The van der Waals surface area contributed by atoms with E-state index in [4.69, 9.17) is 0 Å². The zero-order valence-corrected chi connectivity index (χ0v) is 17.9. The van der Waals surface area contributed by atoms with Gasteiger partial charge in [0.1, 0.15) is 5.69 Å². The van der Waals surface area contributed by atoms with Crippen molar-refractivity contribution in [2.75, 3.05) is 12.5 Å². The molecule has 164 valence electrons. The van der Waals surface area contributed by atoms with Crippen molar-refractivity contribution in [1.82, 2.24) is 9.78 Å². The SMILES string of the molecule is CSc1ccc(-c2c(-c3ccc(S(C)(=O)=O)cc3)nn(CC(=O)[O-])c2C(F)(F)F)cc1. The first kappa shape index (κ1) is 22.9. The minimum absolute atomic E-state index is 0.00710. The summed E-state index contributed by atoms with van der Waals surface area (Å²) in [6, 6.07) is 11.5. The normalized spacial score (nSPS) is 12.2. The Hall–Kier alpha value is -2.79. The van der Waals surface area contributed by atoms with Crippen LogP contribution in [0.3, 0.4) is 0 Å². The number of hydrogen-bond acceptors (Lipinski definition) is 6. The molecule has 0 aliphatic rings. The summed E-state index contributed by atoms with van der Waals surface area (Å²) in [5.74, 6) is -1.73.